The van der Waals surface area contributed by atoms with E-state index in [1.54, 1.807) is 0 Å². The Labute approximate surface area is 177 Å². The van der Waals surface area contributed by atoms with Crippen molar-refractivity contribution >= 4 is 11.9 Å². The number of benzene rings is 3. The van der Waals surface area contributed by atoms with Gasteiger partial charge in [-0.3, -0.25) is 9.59 Å². The van der Waals surface area contributed by atoms with Crippen molar-refractivity contribution < 1.29 is 14.3 Å². The van der Waals surface area contributed by atoms with Crippen LogP contribution in [0.4, 0.5) is 0 Å². The summed E-state index contributed by atoms with van der Waals surface area (Å²) in [5, 5.41) is 3.00. The van der Waals surface area contributed by atoms with Gasteiger partial charge in [0.05, 0.1) is 0 Å². The van der Waals surface area contributed by atoms with Gasteiger partial charge in [0.2, 0.25) is 5.60 Å². The van der Waals surface area contributed by atoms with Crippen LogP contribution in [-0.2, 0) is 26.3 Å². The summed E-state index contributed by atoms with van der Waals surface area (Å²) < 4.78 is 5.75. The van der Waals surface area contributed by atoms with Crippen molar-refractivity contribution in [3.8, 4) is 0 Å². The number of carbonyl (C=O) groups excluding carboxylic acids is 2. The van der Waals surface area contributed by atoms with Gasteiger partial charge in [-0.25, -0.2) is 0 Å². The molecule has 0 aliphatic carbocycles. The van der Waals surface area contributed by atoms with Crippen LogP contribution in [-0.4, -0.2) is 18.4 Å². The van der Waals surface area contributed by atoms with E-state index < -0.39 is 11.6 Å². The maximum Gasteiger partial charge on any atom is 0.304 e. The van der Waals surface area contributed by atoms with Gasteiger partial charge in [-0.1, -0.05) is 91.0 Å². The number of amides is 1. The average Bonchev–Trinajstić information content (AvgIpc) is 2.79. The molecule has 4 nitrogen and oxygen atoms in total. The monoisotopic (exact) mass is 401 g/mol. The molecule has 0 saturated carbocycles. The Bertz CT molecular complexity index is 900. The lowest BCUT2D eigenvalue weighted by Gasteiger charge is -2.32. The molecule has 1 N–H and O–H groups in total. The van der Waals surface area contributed by atoms with Crippen molar-refractivity contribution in [2.24, 2.45) is 0 Å². The van der Waals surface area contributed by atoms with E-state index in [0.717, 1.165) is 19.3 Å². The second-order valence-electron chi connectivity index (χ2n) is 7.21. The summed E-state index contributed by atoms with van der Waals surface area (Å²) in [7, 11) is 0. The van der Waals surface area contributed by atoms with Crippen LogP contribution in [0.15, 0.2) is 91.0 Å². The summed E-state index contributed by atoms with van der Waals surface area (Å²) in [6.45, 7) is 1.84. The zero-order valence-corrected chi connectivity index (χ0v) is 17.2. The highest BCUT2D eigenvalue weighted by Crippen LogP contribution is 2.34. The molecule has 0 atom stereocenters. The molecule has 0 unspecified atom stereocenters. The molecule has 3 aromatic carbocycles. The number of nitrogens with one attached hydrogen (secondary N) is 1. The van der Waals surface area contributed by atoms with Gasteiger partial charge in [0, 0.05) is 24.6 Å². The van der Waals surface area contributed by atoms with E-state index in [-0.39, 0.29) is 5.91 Å². The Balaban J connectivity index is 1.77. The molecule has 0 aliphatic heterocycles. The van der Waals surface area contributed by atoms with Crippen molar-refractivity contribution in [3.63, 3.8) is 0 Å². The third-order valence-corrected chi connectivity index (χ3v) is 5.00. The maximum atomic E-state index is 13.4. The fourth-order valence-electron chi connectivity index (χ4n) is 3.58. The molecular weight excluding hydrogens is 374 g/mol. The number of carbonyl (C=O) groups is 2. The third-order valence-electron chi connectivity index (χ3n) is 5.00. The number of unbranched alkanes of at least 4 members (excludes halogenated alkanes) is 1. The minimum atomic E-state index is -1.52. The first-order valence-corrected chi connectivity index (χ1v) is 10.3. The second-order valence-corrected chi connectivity index (χ2v) is 7.21. The highest BCUT2D eigenvalue weighted by atomic mass is 16.6. The van der Waals surface area contributed by atoms with E-state index in [2.05, 4.69) is 17.4 Å². The van der Waals surface area contributed by atoms with Gasteiger partial charge in [0.15, 0.2) is 0 Å². The first kappa shape index (κ1) is 21.3. The van der Waals surface area contributed by atoms with E-state index in [1.807, 2.05) is 78.9 Å². The summed E-state index contributed by atoms with van der Waals surface area (Å²) in [5.41, 5.74) is 1.00. The smallest absolute Gasteiger partial charge is 0.304 e. The largest absolute Gasteiger partial charge is 0.439 e. The molecule has 0 heterocycles. The van der Waals surface area contributed by atoms with E-state index in [1.165, 1.54) is 12.5 Å². The molecule has 154 valence electrons. The molecule has 3 aromatic rings. The van der Waals surface area contributed by atoms with Crippen molar-refractivity contribution in [3.05, 3.63) is 108 Å². The third kappa shape index (κ3) is 5.15. The lowest BCUT2D eigenvalue weighted by atomic mass is 9.85. The van der Waals surface area contributed by atoms with Crippen LogP contribution in [0.3, 0.4) is 0 Å². The molecule has 0 bridgehead atoms. The molecule has 0 radical (unpaired) electrons. The molecule has 1 amide bonds. The molecule has 0 aromatic heterocycles. The molecule has 3 rings (SSSR count). The number of hydrogen-bond donors (Lipinski definition) is 1. The van der Waals surface area contributed by atoms with Crippen LogP contribution in [0.5, 0.6) is 0 Å². The molecule has 0 fully saturated rings. The Hall–Kier alpha value is -3.40. The van der Waals surface area contributed by atoms with Crippen LogP contribution in [0.25, 0.3) is 0 Å². The molecule has 0 saturated heterocycles. The molecule has 4 heteroatoms. The summed E-state index contributed by atoms with van der Waals surface area (Å²) in [4.78, 5) is 25.5. The van der Waals surface area contributed by atoms with E-state index in [4.69, 9.17) is 4.74 Å². The predicted octanol–water partition coefficient (Wildman–Crippen LogP) is 4.63. The van der Waals surface area contributed by atoms with Crippen molar-refractivity contribution in [2.45, 2.75) is 31.8 Å². The highest BCUT2D eigenvalue weighted by molar-refractivity contribution is 5.92. The van der Waals surface area contributed by atoms with E-state index in [9.17, 15) is 9.59 Å². The molecular formula is C26H27NO3. The number of hydrogen-bond acceptors (Lipinski definition) is 3. The number of esters is 1. The summed E-state index contributed by atoms with van der Waals surface area (Å²) in [6.07, 6.45) is 2.76. The first-order valence-electron chi connectivity index (χ1n) is 10.3. The lowest BCUT2D eigenvalue weighted by Crippen LogP contribution is -2.48. The lowest BCUT2D eigenvalue weighted by molar-refractivity contribution is -0.163. The van der Waals surface area contributed by atoms with Crippen LogP contribution >= 0.6 is 0 Å². The molecule has 0 spiro atoms. The van der Waals surface area contributed by atoms with Gasteiger partial charge in [-0.2, -0.15) is 0 Å². The number of ether oxygens (including phenoxy) is 1. The van der Waals surface area contributed by atoms with Crippen molar-refractivity contribution in [2.75, 3.05) is 6.54 Å². The van der Waals surface area contributed by atoms with Crippen LogP contribution in [0, 0.1) is 0 Å². The summed E-state index contributed by atoms with van der Waals surface area (Å²) in [5.74, 6) is -0.850. The Morgan fingerprint density at radius 1 is 0.767 bits per heavy atom. The SMILES string of the molecule is CC(=O)OC(C(=O)NCCCCc1ccccc1)(c1ccccc1)c1ccccc1. The summed E-state index contributed by atoms with van der Waals surface area (Å²) >= 11 is 0. The van der Waals surface area contributed by atoms with Crippen LogP contribution in [0.1, 0.15) is 36.5 Å². The Kier molecular flexibility index (Phi) is 7.39. The first-order chi connectivity index (χ1) is 14.6. The van der Waals surface area contributed by atoms with Gasteiger partial charge in [0.1, 0.15) is 0 Å². The van der Waals surface area contributed by atoms with Gasteiger partial charge >= 0.3 is 5.97 Å². The zero-order valence-electron chi connectivity index (χ0n) is 17.2. The minimum Gasteiger partial charge on any atom is -0.439 e. The fraction of sp³-hybridized carbons (Fsp3) is 0.231. The van der Waals surface area contributed by atoms with Crippen molar-refractivity contribution in [1.29, 1.82) is 0 Å². The topological polar surface area (TPSA) is 55.4 Å². The van der Waals surface area contributed by atoms with Crippen LogP contribution in [0.2, 0.25) is 0 Å². The molecule has 0 aliphatic rings. The quantitative estimate of drug-likeness (QED) is 0.420. The van der Waals surface area contributed by atoms with Gasteiger partial charge < -0.3 is 10.1 Å². The minimum absolute atomic E-state index is 0.338. The van der Waals surface area contributed by atoms with Gasteiger partial charge in [-0.05, 0) is 24.8 Å². The Morgan fingerprint density at radius 3 is 1.77 bits per heavy atom. The average molecular weight is 402 g/mol. The maximum absolute atomic E-state index is 13.4. The van der Waals surface area contributed by atoms with E-state index in [0.29, 0.717) is 17.7 Å². The highest BCUT2D eigenvalue weighted by Gasteiger charge is 2.45. The van der Waals surface area contributed by atoms with Crippen molar-refractivity contribution in [1.82, 2.24) is 5.32 Å². The zero-order chi connectivity index (χ0) is 21.2. The summed E-state index contributed by atoms with van der Waals surface area (Å²) in [6, 6.07) is 28.6. The van der Waals surface area contributed by atoms with E-state index >= 15 is 0 Å². The van der Waals surface area contributed by atoms with Crippen LogP contribution < -0.4 is 5.32 Å². The Morgan fingerprint density at radius 2 is 1.27 bits per heavy atom. The standard InChI is InChI=1S/C26H27NO3/c1-21(28)30-26(23-16-7-3-8-17-23,24-18-9-4-10-19-24)25(29)27-20-12-11-15-22-13-5-2-6-14-22/h2-10,13-14,16-19H,11-12,15,20H2,1H3,(H,27,29). The normalized spacial score (nSPS) is 11.0. The fourth-order valence-corrected chi connectivity index (χ4v) is 3.58. The second kappa shape index (κ2) is 10.4. The number of aryl methyl sites for hydroxylation is 1. The predicted molar refractivity (Wildman–Crippen MR) is 118 cm³/mol. The molecule has 30 heavy (non-hydrogen) atoms. The number of rotatable bonds is 9. The van der Waals surface area contributed by atoms with Gasteiger partial charge in [-0.15, -0.1) is 0 Å². The van der Waals surface area contributed by atoms with Gasteiger partial charge in [0.25, 0.3) is 5.91 Å².